The molecule has 1 aromatic rings. The molecule has 0 aliphatic rings. The summed E-state index contributed by atoms with van der Waals surface area (Å²) in [6, 6.07) is 3.80. The number of rotatable bonds is 3. The summed E-state index contributed by atoms with van der Waals surface area (Å²) in [5, 5.41) is 0. The van der Waals surface area contributed by atoms with E-state index in [1.807, 2.05) is 0 Å². The Hall–Kier alpha value is -1.16. The first-order chi connectivity index (χ1) is 7.76. The van der Waals surface area contributed by atoms with Crippen molar-refractivity contribution in [2.75, 3.05) is 13.7 Å². The van der Waals surface area contributed by atoms with Crippen molar-refractivity contribution < 1.29 is 13.5 Å². The lowest BCUT2D eigenvalue weighted by Gasteiger charge is -2.38. The molecule has 96 valence electrons. The smallest absolute Gasteiger partial charge is 0.156 e. The first kappa shape index (κ1) is 13.9. The second-order valence-electron chi connectivity index (χ2n) is 5.10. The highest BCUT2D eigenvalue weighted by molar-refractivity contribution is 5.40. The Morgan fingerprint density at radius 3 is 2.29 bits per heavy atom. The van der Waals surface area contributed by atoms with E-state index < -0.39 is 16.9 Å². The third kappa shape index (κ3) is 2.41. The molecule has 4 heteroatoms. The van der Waals surface area contributed by atoms with Gasteiger partial charge >= 0.3 is 0 Å². The molecule has 17 heavy (non-hydrogen) atoms. The Balaban J connectivity index is 3.43. The molecule has 0 aromatic heterocycles. The maximum Gasteiger partial charge on any atom is 0.156 e. The number of alkyl halides is 1. The summed E-state index contributed by atoms with van der Waals surface area (Å²) in [5.74, 6) is -0.185. The number of benzene rings is 1. The van der Waals surface area contributed by atoms with Crippen molar-refractivity contribution in [1.29, 1.82) is 0 Å². The normalized spacial score (nSPS) is 15.5. The zero-order chi connectivity index (χ0) is 13.3. The minimum absolute atomic E-state index is 0.162. The summed E-state index contributed by atoms with van der Waals surface area (Å²) in [6.07, 6.45) is 0. The van der Waals surface area contributed by atoms with Gasteiger partial charge in [0.25, 0.3) is 0 Å². The molecule has 0 aliphatic carbocycles. The van der Waals surface area contributed by atoms with E-state index >= 15 is 4.39 Å². The average Bonchev–Trinajstić information content (AvgIpc) is 2.26. The highest BCUT2D eigenvalue weighted by Crippen LogP contribution is 2.45. The molecular formula is C13H19F2NO. The van der Waals surface area contributed by atoms with Crippen molar-refractivity contribution >= 4 is 0 Å². The highest BCUT2D eigenvalue weighted by Gasteiger charge is 2.45. The van der Waals surface area contributed by atoms with E-state index in [1.165, 1.54) is 19.2 Å². The van der Waals surface area contributed by atoms with E-state index in [4.69, 9.17) is 10.5 Å². The minimum Gasteiger partial charge on any atom is -0.496 e. The van der Waals surface area contributed by atoms with E-state index in [-0.39, 0.29) is 12.1 Å². The molecule has 2 nitrogen and oxygen atoms in total. The molecule has 0 bridgehead atoms. The Morgan fingerprint density at radius 2 is 1.88 bits per heavy atom. The average molecular weight is 243 g/mol. The number of hydrogen-bond donors (Lipinski definition) is 1. The quantitative estimate of drug-likeness (QED) is 0.885. The number of hydrogen-bond acceptors (Lipinski definition) is 2. The number of ether oxygens (including phenoxy) is 1. The lowest BCUT2D eigenvalue weighted by Crippen LogP contribution is -2.42. The van der Waals surface area contributed by atoms with Gasteiger partial charge in [-0.1, -0.05) is 20.8 Å². The van der Waals surface area contributed by atoms with Gasteiger partial charge in [-0.3, -0.25) is 0 Å². The fraction of sp³-hybridized carbons (Fsp3) is 0.538. The second kappa shape index (κ2) is 4.61. The van der Waals surface area contributed by atoms with Crippen LogP contribution in [0.15, 0.2) is 18.2 Å². The number of methoxy groups -OCH3 is 1. The lowest BCUT2D eigenvalue weighted by molar-refractivity contribution is 0.0316. The summed E-state index contributed by atoms with van der Waals surface area (Å²) in [4.78, 5) is 0. The summed E-state index contributed by atoms with van der Waals surface area (Å²) >= 11 is 0. The summed E-state index contributed by atoms with van der Waals surface area (Å²) < 4.78 is 33.4. The molecule has 0 aliphatic heterocycles. The van der Waals surface area contributed by atoms with E-state index in [1.54, 1.807) is 20.8 Å². The lowest BCUT2D eigenvalue weighted by atomic mass is 9.73. The molecule has 1 unspecified atom stereocenters. The van der Waals surface area contributed by atoms with E-state index in [9.17, 15) is 4.39 Å². The van der Waals surface area contributed by atoms with Crippen molar-refractivity contribution in [3.05, 3.63) is 29.6 Å². The van der Waals surface area contributed by atoms with Gasteiger partial charge < -0.3 is 10.5 Å². The van der Waals surface area contributed by atoms with Crippen molar-refractivity contribution in [1.82, 2.24) is 0 Å². The van der Waals surface area contributed by atoms with Gasteiger partial charge in [-0.05, 0) is 18.2 Å². The van der Waals surface area contributed by atoms with Gasteiger partial charge in [-0.25, -0.2) is 8.78 Å². The van der Waals surface area contributed by atoms with Crippen LogP contribution >= 0.6 is 0 Å². The summed E-state index contributed by atoms with van der Waals surface area (Å²) in [6.45, 7) is 4.95. The molecule has 0 saturated carbocycles. The van der Waals surface area contributed by atoms with E-state index in [0.717, 1.165) is 6.07 Å². The van der Waals surface area contributed by atoms with E-state index in [2.05, 4.69) is 0 Å². The fourth-order valence-corrected chi connectivity index (χ4v) is 1.81. The molecule has 1 atom stereocenters. The number of halogens is 2. The molecule has 1 rings (SSSR count). The molecule has 0 amide bonds. The zero-order valence-corrected chi connectivity index (χ0v) is 10.7. The van der Waals surface area contributed by atoms with Crippen LogP contribution in [0, 0.1) is 11.2 Å². The molecule has 0 fully saturated rings. The van der Waals surface area contributed by atoms with Gasteiger partial charge in [0.2, 0.25) is 0 Å². The molecule has 0 saturated heterocycles. The second-order valence-corrected chi connectivity index (χ2v) is 5.10. The van der Waals surface area contributed by atoms with Crippen molar-refractivity contribution in [3.63, 3.8) is 0 Å². The number of nitrogens with two attached hydrogens (primary N) is 1. The van der Waals surface area contributed by atoms with Gasteiger partial charge in [0, 0.05) is 17.5 Å². The largest absolute Gasteiger partial charge is 0.496 e. The van der Waals surface area contributed by atoms with Gasteiger partial charge in [-0.15, -0.1) is 0 Å². The van der Waals surface area contributed by atoms with Gasteiger partial charge in [0.15, 0.2) is 5.67 Å². The van der Waals surface area contributed by atoms with Crippen LogP contribution in [-0.4, -0.2) is 13.7 Å². The Morgan fingerprint density at radius 1 is 1.29 bits per heavy atom. The fourth-order valence-electron chi connectivity index (χ4n) is 1.81. The Labute approximate surface area is 101 Å². The first-order valence-electron chi connectivity index (χ1n) is 5.49. The van der Waals surface area contributed by atoms with Crippen LogP contribution in [0.25, 0.3) is 0 Å². The van der Waals surface area contributed by atoms with Crippen LogP contribution in [0.1, 0.15) is 26.3 Å². The minimum atomic E-state index is -1.83. The third-order valence-corrected chi connectivity index (χ3v) is 3.06. The highest BCUT2D eigenvalue weighted by atomic mass is 19.1. The monoisotopic (exact) mass is 243 g/mol. The summed E-state index contributed by atoms with van der Waals surface area (Å²) in [5.41, 5.74) is 3.13. The van der Waals surface area contributed by atoms with Crippen molar-refractivity contribution in [2.24, 2.45) is 11.1 Å². The predicted molar refractivity (Wildman–Crippen MR) is 64.2 cm³/mol. The van der Waals surface area contributed by atoms with Crippen LogP contribution in [0.2, 0.25) is 0 Å². The molecule has 0 radical (unpaired) electrons. The SMILES string of the molecule is COc1ccc(F)cc1C(F)(CN)C(C)(C)C. The van der Waals surface area contributed by atoms with E-state index in [0.29, 0.717) is 5.75 Å². The first-order valence-corrected chi connectivity index (χ1v) is 5.49. The van der Waals surface area contributed by atoms with Crippen LogP contribution in [-0.2, 0) is 5.67 Å². The van der Waals surface area contributed by atoms with Gasteiger partial charge in [-0.2, -0.15) is 0 Å². The summed E-state index contributed by atoms with van der Waals surface area (Å²) in [7, 11) is 1.43. The van der Waals surface area contributed by atoms with Crippen molar-refractivity contribution in [2.45, 2.75) is 26.4 Å². The van der Waals surface area contributed by atoms with Crippen LogP contribution < -0.4 is 10.5 Å². The maximum atomic E-state index is 15.0. The standard InChI is InChI=1S/C13H19F2NO/c1-12(2,3)13(15,8-16)10-7-9(14)5-6-11(10)17-4/h5-7H,8,16H2,1-4H3. The van der Waals surface area contributed by atoms with Crippen molar-refractivity contribution in [3.8, 4) is 5.75 Å². The molecule has 1 aromatic carbocycles. The third-order valence-electron chi connectivity index (χ3n) is 3.06. The maximum absolute atomic E-state index is 15.0. The van der Waals surface area contributed by atoms with Gasteiger partial charge in [0.05, 0.1) is 7.11 Å². The molecular weight excluding hydrogens is 224 g/mol. The van der Waals surface area contributed by atoms with Crippen LogP contribution in [0.4, 0.5) is 8.78 Å². The molecule has 0 spiro atoms. The zero-order valence-electron chi connectivity index (χ0n) is 10.7. The van der Waals surface area contributed by atoms with Gasteiger partial charge in [0.1, 0.15) is 11.6 Å². The molecule has 0 heterocycles. The van der Waals surface area contributed by atoms with Crippen LogP contribution in [0.3, 0.4) is 0 Å². The topological polar surface area (TPSA) is 35.2 Å². The predicted octanol–water partition coefficient (Wildman–Crippen LogP) is 3.00. The molecule has 2 N–H and O–H groups in total. The van der Waals surface area contributed by atoms with Crippen LogP contribution in [0.5, 0.6) is 5.75 Å². The Bertz CT molecular complexity index is 401. The Kier molecular flexibility index (Phi) is 3.77.